The fourth-order valence-electron chi connectivity index (χ4n) is 7.26. The Labute approximate surface area is 355 Å². The van der Waals surface area contributed by atoms with Crippen molar-refractivity contribution in [3.63, 3.8) is 0 Å². The van der Waals surface area contributed by atoms with Gasteiger partial charge in [-0.1, -0.05) is 18.2 Å². The van der Waals surface area contributed by atoms with Crippen LogP contribution in [0.3, 0.4) is 0 Å². The Morgan fingerprint density at radius 1 is 1.00 bits per heavy atom. The van der Waals surface area contributed by atoms with Crippen LogP contribution in [0.1, 0.15) is 48.0 Å². The number of ether oxygens (including phenoxy) is 2. The number of aliphatic hydroxyl groups is 1. The maximum Gasteiger partial charge on any atom is 0.481 e. The second kappa shape index (κ2) is 19.1. The van der Waals surface area contributed by atoms with Crippen LogP contribution in [0.2, 0.25) is 0 Å². The quantitative estimate of drug-likeness (QED) is 0.0370. The molecular formula is C40H49N8O12P2+. The number of hydrogen-bond donors (Lipinski definition) is 7. The van der Waals surface area contributed by atoms with Gasteiger partial charge in [-0.05, 0) is 57.0 Å². The zero-order valence-electron chi connectivity index (χ0n) is 34.4. The first-order chi connectivity index (χ1) is 29.7. The number of rotatable bonds is 18. The number of anilines is 2. The lowest BCUT2D eigenvalue weighted by molar-refractivity contribution is -0.496. The van der Waals surface area contributed by atoms with Crippen molar-refractivity contribution < 1.29 is 61.1 Å². The zero-order valence-corrected chi connectivity index (χ0v) is 36.2. The molecule has 2 aromatic carbocycles. The number of hydrogen-bond acceptors (Lipinski definition) is 15. The highest BCUT2D eigenvalue weighted by molar-refractivity contribution is 7.61. The molecule has 2 aromatic heterocycles. The maximum atomic E-state index is 13.7. The highest BCUT2D eigenvalue weighted by Crippen LogP contribution is 2.60. The number of phosphoric ester groups is 2. The predicted octanol–water partition coefficient (Wildman–Crippen LogP) is 3.32. The molecule has 5 atom stereocenters. The van der Waals surface area contributed by atoms with Crippen LogP contribution in [-0.2, 0) is 32.0 Å². The van der Waals surface area contributed by atoms with E-state index in [9.17, 15) is 28.8 Å². The number of fused-ring (bicyclic) bond motifs is 3. The van der Waals surface area contributed by atoms with Gasteiger partial charge in [0.15, 0.2) is 11.5 Å². The summed E-state index contributed by atoms with van der Waals surface area (Å²) in [5.74, 6) is 0.467. The average molecular weight is 896 g/mol. The van der Waals surface area contributed by atoms with Crippen LogP contribution in [0.5, 0.6) is 0 Å². The lowest BCUT2D eigenvalue weighted by Gasteiger charge is -2.19. The van der Waals surface area contributed by atoms with E-state index in [1.807, 2.05) is 52.0 Å². The molecule has 0 radical (unpaired) electrons. The third kappa shape index (κ3) is 10.1. The van der Waals surface area contributed by atoms with Crippen molar-refractivity contribution >= 4 is 55.2 Å². The lowest BCUT2D eigenvalue weighted by atomic mass is 9.89. The Bertz CT molecular complexity index is 2730. The van der Waals surface area contributed by atoms with Crippen LogP contribution in [0.15, 0.2) is 65.6 Å². The van der Waals surface area contributed by atoms with Gasteiger partial charge in [0.25, 0.3) is 5.91 Å². The summed E-state index contributed by atoms with van der Waals surface area (Å²) in [4.78, 5) is 49.6. The minimum Gasteiger partial charge on any atom is -0.456 e. The van der Waals surface area contributed by atoms with Crippen LogP contribution < -0.4 is 26.7 Å². The molecule has 1 fully saturated rings. The van der Waals surface area contributed by atoms with Gasteiger partial charge >= 0.3 is 15.6 Å². The number of carbonyl (C=O) groups excluding carboxylic acids is 1. The van der Waals surface area contributed by atoms with Crippen molar-refractivity contribution in [3.05, 3.63) is 83.2 Å². The third-order valence-electron chi connectivity index (χ3n) is 10.1. The zero-order chi connectivity index (χ0) is 44.2. The van der Waals surface area contributed by atoms with E-state index in [1.54, 1.807) is 12.1 Å². The largest absolute Gasteiger partial charge is 0.481 e. The molecule has 0 spiro atoms. The summed E-state index contributed by atoms with van der Waals surface area (Å²) in [7, 11) is -10.3. The first-order valence-corrected chi connectivity index (χ1v) is 22.9. The SMILES string of the molecule is CCNc1cc2oc3cc(=[NH+]CC)c(C)cc-3c(-c3ccccc3C(=O)NCCOCCOP(=O)(O)OP(=O)(O)OC[C@H]3O[C@@H](n4cnc5c(N)ncnc54)C[C@@H]3O)c2cc1C. The van der Waals surface area contributed by atoms with Crippen molar-refractivity contribution in [1.29, 1.82) is 0 Å². The second-order valence-electron chi connectivity index (χ2n) is 14.4. The molecule has 0 bridgehead atoms. The molecule has 7 rings (SSSR count). The lowest BCUT2D eigenvalue weighted by Crippen LogP contribution is -2.76. The van der Waals surface area contributed by atoms with Crippen LogP contribution in [-0.4, -0.2) is 98.6 Å². The van der Waals surface area contributed by atoms with Crippen LogP contribution in [0.25, 0.3) is 44.6 Å². The van der Waals surface area contributed by atoms with Crippen LogP contribution in [0.4, 0.5) is 11.5 Å². The third-order valence-corrected chi connectivity index (χ3v) is 12.7. The number of aromatic nitrogens is 4. The van der Waals surface area contributed by atoms with Gasteiger partial charge < -0.3 is 45.2 Å². The van der Waals surface area contributed by atoms with Crippen LogP contribution >= 0.6 is 15.6 Å². The molecule has 1 aliphatic carbocycles. The van der Waals surface area contributed by atoms with E-state index >= 15 is 0 Å². The monoisotopic (exact) mass is 895 g/mol. The first kappa shape index (κ1) is 44.9. The number of phosphoric acid groups is 2. The van der Waals surface area contributed by atoms with Crippen LogP contribution in [0, 0.1) is 13.8 Å². The minimum atomic E-state index is -5.18. The van der Waals surface area contributed by atoms with E-state index in [0.29, 0.717) is 33.6 Å². The number of imidazole rings is 1. The molecule has 330 valence electrons. The molecule has 8 N–H and O–H groups in total. The maximum absolute atomic E-state index is 13.7. The first-order valence-electron chi connectivity index (χ1n) is 19.9. The molecule has 3 aliphatic rings. The fourth-order valence-corrected chi connectivity index (χ4v) is 9.32. The Kier molecular flexibility index (Phi) is 13.8. The molecule has 0 saturated carbocycles. The number of nitrogens with zero attached hydrogens (tertiary/aromatic N) is 4. The highest BCUT2D eigenvalue weighted by Gasteiger charge is 2.40. The average Bonchev–Trinajstić information content (AvgIpc) is 3.83. The van der Waals surface area contributed by atoms with E-state index in [0.717, 1.165) is 51.8 Å². The molecule has 2 unspecified atom stereocenters. The Balaban J connectivity index is 0.919. The number of nitrogens with two attached hydrogens (primary N) is 1. The van der Waals surface area contributed by atoms with Crippen molar-refractivity contribution in [1.82, 2.24) is 24.8 Å². The number of nitrogen functional groups attached to an aromatic ring is 1. The standard InChI is InChI=1S/C40H48N8O12P2/c1-5-42-29-17-32-27(15-23(29)3)36(28-16-24(4)30(43-6-2)18-33(28)58-32)25-9-7-8-10-26(25)40(50)44-11-12-55-13-14-56-61(51,52)60-62(53,54)57-20-34-31(49)19-35(59-34)48-22-47-37-38(41)45-21-46-39(37)48/h7-10,15-18,21-22,31,34-35,42,49H,5-6,11-14,19-20H2,1-4H3,(H,44,50)(H,51,52)(H,53,54)(H2,41,45,46)/p+1/t31-,34+,35+/m0/s1. The van der Waals surface area contributed by atoms with Gasteiger partial charge in [-0.2, -0.15) is 4.31 Å². The van der Waals surface area contributed by atoms with Gasteiger partial charge in [0.1, 0.15) is 42.1 Å². The minimum absolute atomic E-state index is 0.00422. The summed E-state index contributed by atoms with van der Waals surface area (Å²) in [5, 5.41) is 18.6. The van der Waals surface area contributed by atoms with Gasteiger partial charge in [-0.3, -0.25) is 18.4 Å². The van der Waals surface area contributed by atoms with Crippen molar-refractivity contribution in [2.45, 2.75) is 52.6 Å². The summed E-state index contributed by atoms with van der Waals surface area (Å²) in [6.07, 6.45) is -0.328. The summed E-state index contributed by atoms with van der Waals surface area (Å²) in [5.41, 5.74) is 13.0. The molecule has 20 nitrogen and oxygen atoms in total. The van der Waals surface area contributed by atoms with Gasteiger partial charge in [0.05, 0.1) is 44.9 Å². The van der Waals surface area contributed by atoms with Gasteiger partial charge in [0.2, 0.25) is 5.36 Å². The molecule has 1 saturated heterocycles. The van der Waals surface area contributed by atoms with Crippen molar-refractivity contribution in [2.75, 3.05) is 57.1 Å². The van der Waals surface area contributed by atoms with E-state index in [2.05, 4.69) is 47.0 Å². The molecule has 4 aromatic rings. The number of benzene rings is 3. The Morgan fingerprint density at radius 2 is 1.79 bits per heavy atom. The Morgan fingerprint density at radius 3 is 2.58 bits per heavy atom. The molecule has 62 heavy (non-hydrogen) atoms. The normalized spacial score (nSPS) is 19.0. The number of aryl methyl sites for hydroxylation is 2. The van der Waals surface area contributed by atoms with Crippen molar-refractivity contribution in [3.8, 4) is 22.5 Å². The fraction of sp³-hybridized carbons (Fsp3) is 0.375. The van der Waals surface area contributed by atoms with E-state index in [-0.39, 0.29) is 37.9 Å². The van der Waals surface area contributed by atoms with E-state index in [1.165, 1.54) is 17.2 Å². The van der Waals surface area contributed by atoms with Gasteiger partial charge in [-0.15, -0.1) is 0 Å². The topological polar surface area (TPSA) is 279 Å². The summed E-state index contributed by atoms with van der Waals surface area (Å²) < 4.78 is 58.4. The van der Waals surface area contributed by atoms with Gasteiger partial charge in [-0.25, -0.2) is 29.1 Å². The molecular weight excluding hydrogens is 846 g/mol. The number of nitrogens with one attached hydrogen (secondary N) is 3. The summed E-state index contributed by atoms with van der Waals surface area (Å²) in [6.45, 7) is 8.26. The molecule has 1 amide bonds. The number of amides is 1. The van der Waals surface area contributed by atoms with E-state index < -0.39 is 47.3 Å². The molecule has 22 heteroatoms. The number of carbonyl (C=O) groups is 1. The second-order valence-corrected chi connectivity index (χ2v) is 17.5. The molecule has 4 heterocycles. The smallest absolute Gasteiger partial charge is 0.456 e. The highest BCUT2D eigenvalue weighted by atomic mass is 31.3. The predicted molar refractivity (Wildman–Crippen MR) is 227 cm³/mol. The summed E-state index contributed by atoms with van der Waals surface area (Å²) >= 11 is 0. The molecule has 2 aliphatic heterocycles. The van der Waals surface area contributed by atoms with Gasteiger partial charge in [0, 0.05) is 58.9 Å². The summed E-state index contributed by atoms with van der Waals surface area (Å²) in [6, 6.07) is 15.4. The van der Waals surface area contributed by atoms with Crippen molar-refractivity contribution in [2.24, 2.45) is 0 Å². The Hall–Kier alpha value is -5.11. The van der Waals surface area contributed by atoms with E-state index in [4.69, 9.17) is 28.7 Å². The number of aliphatic hydroxyl groups excluding tert-OH is 1.